The van der Waals surface area contributed by atoms with Crippen molar-refractivity contribution in [1.29, 1.82) is 0 Å². The molecule has 1 rings (SSSR count). The highest BCUT2D eigenvalue weighted by molar-refractivity contribution is 6.33. The van der Waals surface area contributed by atoms with Gasteiger partial charge in [0.25, 0.3) is 0 Å². The van der Waals surface area contributed by atoms with Gasteiger partial charge >= 0.3 is 0 Å². The zero-order valence-corrected chi connectivity index (χ0v) is 10.3. The molecule has 0 aliphatic heterocycles. The van der Waals surface area contributed by atoms with Gasteiger partial charge in [-0.3, -0.25) is 4.79 Å². The number of rotatable bonds is 4. The lowest BCUT2D eigenvalue weighted by atomic mass is 10.1. The lowest BCUT2D eigenvalue weighted by Crippen LogP contribution is -2.20. The molecule has 0 bridgehead atoms. The molecule has 1 aromatic carbocycles. The number of anilines is 1. The number of amides is 1. The van der Waals surface area contributed by atoms with Crippen LogP contribution < -0.4 is 11.1 Å². The summed E-state index contributed by atoms with van der Waals surface area (Å²) in [5.41, 5.74) is 7.18. The predicted molar refractivity (Wildman–Crippen MR) is 67.7 cm³/mol. The molecular formula is C12H17ClN2O. The molecule has 0 saturated heterocycles. The second-order valence-corrected chi connectivity index (χ2v) is 4.48. The van der Waals surface area contributed by atoms with E-state index in [1.54, 1.807) is 0 Å². The van der Waals surface area contributed by atoms with Crippen LogP contribution in [0.4, 0.5) is 5.69 Å². The van der Waals surface area contributed by atoms with Crippen LogP contribution in [0.1, 0.15) is 18.9 Å². The standard InChI is InChI=1S/C12H17ClN2O/c1-8-3-4-11(10(13)5-8)15-12(16)6-9(2)7-14/h3-5,9H,6-7,14H2,1-2H3,(H,15,16). The quantitative estimate of drug-likeness (QED) is 0.850. The number of nitrogens with two attached hydrogens (primary N) is 1. The molecule has 16 heavy (non-hydrogen) atoms. The molecule has 0 aromatic heterocycles. The first-order chi connectivity index (χ1) is 7.52. The minimum absolute atomic E-state index is 0.0521. The number of aryl methyl sites for hydroxylation is 1. The van der Waals surface area contributed by atoms with Crippen LogP contribution in [-0.4, -0.2) is 12.5 Å². The van der Waals surface area contributed by atoms with Crippen molar-refractivity contribution in [3.8, 4) is 0 Å². The molecule has 0 aliphatic carbocycles. The molecule has 1 atom stereocenters. The second kappa shape index (κ2) is 5.87. The highest BCUT2D eigenvalue weighted by atomic mass is 35.5. The number of halogens is 1. The van der Waals surface area contributed by atoms with Crippen molar-refractivity contribution >= 4 is 23.2 Å². The first-order valence-corrected chi connectivity index (χ1v) is 5.66. The number of hydrogen-bond acceptors (Lipinski definition) is 2. The SMILES string of the molecule is Cc1ccc(NC(=O)CC(C)CN)c(Cl)c1. The predicted octanol–water partition coefficient (Wildman–Crippen LogP) is 2.57. The Hall–Kier alpha value is -1.06. The van der Waals surface area contributed by atoms with Gasteiger partial charge < -0.3 is 11.1 Å². The van der Waals surface area contributed by atoms with E-state index in [9.17, 15) is 4.79 Å². The summed E-state index contributed by atoms with van der Waals surface area (Å²) in [7, 11) is 0. The third-order valence-corrected chi connectivity index (χ3v) is 2.65. The highest BCUT2D eigenvalue weighted by Crippen LogP contribution is 2.23. The maximum Gasteiger partial charge on any atom is 0.224 e. The largest absolute Gasteiger partial charge is 0.330 e. The zero-order chi connectivity index (χ0) is 12.1. The van der Waals surface area contributed by atoms with E-state index in [2.05, 4.69) is 5.32 Å². The average Bonchev–Trinajstić information content (AvgIpc) is 2.22. The number of carbonyl (C=O) groups excluding carboxylic acids is 1. The third-order valence-electron chi connectivity index (χ3n) is 2.33. The molecule has 0 saturated carbocycles. The van der Waals surface area contributed by atoms with Crippen molar-refractivity contribution in [1.82, 2.24) is 0 Å². The summed E-state index contributed by atoms with van der Waals surface area (Å²) in [6.07, 6.45) is 0.417. The molecule has 0 spiro atoms. The molecule has 4 heteroatoms. The Morgan fingerprint density at radius 1 is 1.56 bits per heavy atom. The van der Waals surface area contributed by atoms with Crippen molar-refractivity contribution in [2.45, 2.75) is 20.3 Å². The molecule has 3 nitrogen and oxygen atoms in total. The van der Waals surface area contributed by atoms with Crippen molar-refractivity contribution in [3.63, 3.8) is 0 Å². The van der Waals surface area contributed by atoms with Crippen LogP contribution >= 0.6 is 11.6 Å². The van der Waals surface area contributed by atoms with E-state index in [4.69, 9.17) is 17.3 Å². The fraction of sp³-hybridized carbons (Fsp3) is 0.417. The number of hydrogen-bond donors (Lipinski definition) is 2. The summed E-state index contributed by atoms with van der Waals surface area (Å²) in [6.45, 7) is 4.40. The minimum atomic E-state index is -0.0521. The number of benzene rings is 1. The molecule has 1 amide bonds. The maximum atomic E-state index is 11.6. The van der Waals surface area contributed by atoms with Crippen LogP contribution in [0.2, 0.25) is 5.02 Å². The van der Waals surface area contributed by atoms with Crippen LogP contribution in [-0.2, 0) is 4.79 Å². The Morgan fingerprint density at radius 2 is 2.25 bits per heavy atom. The van der Waals surface area contributed by atoms with E-state index in [0.29, 0.717) is 23.7 Å². The summed E-state index contributed by atoms with van der Waals surface area (Å²) < 4.78 is 0. The van der Waals surface area contributed by atoms with Crippen LogP contribution in [0.5, 0.6) is 0 Å². The van der Waals surface area contributed by atoms with Gasteiger partial charge in [0.1, 0.15) is 0 Å². The van der Waals surface area contributed by atoms with Gasteiger partial charge in [0, 0.05) is 6.42 Å². The second-order valence-electron chi connectivity index (χ2n) is 4.08. The lowest BCUT2D eigenvalue weighted by Gasteiger charge is -2.10. The molecule has 0 heterocycles. The van der Waals surface area contributed by atoms with Crippen LogP contribution in [0, 0.1) is 12.8 Å². The first kappa shape index (κ1) is 13.0. The van der Waals surface area contributed by atoms with E-state index in [1.165, 1.54) is 0 Å². The molecular weight excluding hydrogens is 224 g/mol. The molecule has 0 fully saturated rings. The summed E-state index contributed by atoms with van der Waals surface area (Å²) in [5, 5.41) is 3.34. The summed E-state index contributed by atoms with van der Waals surface area (Å²) in [6, 6.07) is 5.54. The van der Waals surface area contributed by atoms with Gasteiger partial charge in [-0.2, -0.15) is 0 Å². The first-order valence-electron chi connectivity index (χ1n) is 5.29. The summed E-state index contributed by atoms with van der Waals surface area (Å²) >= 11 is 6.00. The van der Waals surface area contributed by atoms with E-state index in [0.717, 1.165) is 5.56 Å². The van der Waals surface area contributed by atoms with Crippen LogP contribution in [0.3, 0.4) is 0 Å². The Morgan fingerprint density at radius 3 is 2.81 bits per heavy atom. The topological polar surface area (TPSA) is 55.1 Å². The Labute approximate surface area is 101 Å². The van der Waals surface area contributed by atoms with Gasteiger partial charge in [-0.05, 0) is 37.1 Å². The van der Waals surface area contributed by atoms with Crippen molar-refractivity contribution in [3.05, 3.63) is 28.8 Å². The zero-order valence-electron chi connectivity index (χ0n) is 9.59. The fourth-order valence-corrected chi connectivity index (χ4v) is 1.60. The van der Waals surface area contributed by atoms with Gasteiger partial charge in [-0.1, -0.05) is 24.6 Å². The lowest BCUT2D eigenvalue weighted by molar-refractivity contribution is -0.116. The minimum Gasteiger partial charge on any atom is -0.330 e. The van der Waals surface area contributed by atoms with Crippen molar-refractivity contribution in [2.75, 3.05) is 11.9 Å². The van der Waals surface area contributed by atoms with Gasteiger partial charge in [0.2, 0.25) is 5.91 Å². The molecule has 0 aliphatic rings. The highest BCUT2D eigenvalue weighted by Gasteiger charge is 2.09. The summed E-state index contributed by atoms with van der Waals surface area (Å²) in [5.74, 6) is 0.132. The maximum absolute atomic E-state index is 11.6. The molecule has 1 unspecified atom stereocenters. The van der Waals surface area contributed by atoms with Gasteiger partial charge in [-0.15, -0.1) is 0 Å². The van der Waals surface area contributed by atoms with Crippen molar-refractivity contribution in [2.24, 2.45) is 11.7 Å². The third kappa shape index (κ3) is 3.83. The van der Waals surface area contributed by atoms with E-state index in [-0.39, 0.29) is 11.8 Å². The average molecular weight is 241 g/mol. The molecule has 0 radical (unpaired) electrons. The molecule has 1 aromatic rings. The van der Waals surface area contributed by atoms with E-state index < -0.39 is 0 Å². The Balaban J connectivity index is 2.63. The van der Waals surface area contributed by atoms with Gasteiger partial charge in [-0.25, -0.2) is 0 Å². The van der Waals surface area contributed by atoms with Crippen LogP contribution in [0.25, 0.3) is 0 Å². The Kier molecular flexibility index (Phi) is 4.77. The van der Waals surface area contributed by atoms with E-state index >= 15 is 0 Å². The van der Waals surface area contributed by atoms with Gasteiger partial charge in [0.15, 0.2) is 0 Å². The van der Waals surface area contributed by atoms with Crippen LogP contribution in [0.15, 0.2) is 18.2 Å². The number of nitrogens with one attached hydrogen (secondary N) is 1. The van der Waals surface area contributed by atoms with E-state index in [1.807, 2.05) is 32.0 Å². The number of carbonyl (C=O) groups is 1. The van der Waals surface area contributed by atoms with Crippen molar-refractivity contribution < 1.29 is 4.79 Å². The fourth-order valence-electron chi connectivity index (χ4n) is 1.32. The van der Waals surface area contributed by atoms with Gasteiger partial charge in [0.05, 0.1) is 10.7 Å². The normalized spacial score (nSPS) is 12.2. The smallest absolute Gasteiger partial charge is 0.224 e. The monoisotopic (exact) mass is 240 g/mol. The molecule has 88 valence electrons. The Bertz CT molecular complexity index is 379. The summed E-state index contributed by atoms with van der Waals surface area (Å²) in [4.78, 5) is 11.6. The molecule has 3 N–H and O–H groups in total.